The molecule has 1 unspecified atom stereocenters. The molecule has 1 fully saturated rings. The summed E-state index contributed by atoms with van der Waals surface area (Å²) in [4.78, 5) is 56.8. The van der Waals surface area contributed by atoms with Crippen LogP contribution >= 0.6 is 23.4 Å². The number of halogens is 1. The molecule has 0 radical (unpaired) electrons. The minimum absolute atomic E-state index is 0.207. The average Bonchev–Trinajstić information content (AvgIpc) is 3.12. The molecule has 0 amide bonds. The molecule has 0 aliphatic carbocycles. The number of rotatable bonds is 8. The lowest BCUT2D eigenvalue weighted by atomic mass is 9.96. The highest BCUT2D eigenvalue weighted by Crippen LogP contribution is 2.43. The number of nitrogens with zero attached hydrogens (tertiary/aromatic N) is 2. The molecule has 236 valence electrons. The van der Waals surface area contributed by atoms with Gasteiger partial charge in [0, 0.05) is 84.8 Å². The van der Waals surface area contributed by atoms with E-state index >= 15 is 0 Å². The fourth-order valence-corrected chi connectivity index (χ4v) is 5.60. The number of carboxylic acid groups (broad SMARTS) is 4. The summed E-state index contributed by atoms with van der Waals surface area (Å²) in [6, 6.07) is 15.3. The maximum absolute atomic E-state index is 11.0. The number of hydrogen-bond donors (Lipinski definition) is 4. The Morgan fingerprint density at radius 1 is 0.841 bits per heavy atom. The predicted octanol–water partition coefficient (Wildman–Crippen LogP) is 3.69. The summed E-state index contributed by atoms with van der Waals surface area (Å²) in [5.41, 5.74) is 2.74. The first kappa shape index (κ1) is 36.0. The van der Waals surface area contributed by atoms with Crippen molar-refractivity contribution in [1.82, 2.24) is 9.80 Å². The molecular weight excluding hydrogens is 616 g/mol. The van der Waals surface area contributed by atoms with Crippen molar-refractivity contribution in [2.45, 2.75) is 29.2 Å². The molecule has 1 atom stereocenters. The number of aliphatic carboxylic acids is 4. The van der Waals surface area contributed by atoms with Crippen LogP contribution in [0.3, 0.4) is 0 Å². The largest absolute Gasteiger partial charge is 0.478 e. The summed E-state index contributed by atoms with van der Waals surface area (Å²) in [5.74, 6) is -5.23. The highest BCUT2D eigenvalue weighted by atomic mass is 35.5. The Kier molecular flexibility index (Phi) is 15.1. The topological polar surface area (TPSA) is 182 Å². The summed E-state index contributed by atoms with van der Waals surface area (Å²) in [6.45, 7) is 6.72. The summed E-state index contributed by atoms with van der Waals surface area (Å²) in [6.07, 6.45) is 3.24. The molecule has 2 heterocycles. The monoisotopic (exact) mass is 648 g/mol. The first-order valence-corrected chi connectivity index (χ1v) is 14.5. The SMILES string of the molecule is CC(=O)OCCN1CCN(C2Cc3ccccc3Sc3ccc(Cl)cc32)CC1.O=C(O)/C=C\C(=O)O.O=C(O)/C=C\C(=O)O. The van der Waals surface area contributed by atoms with Crippen molar-refractivity contribution in [2.24, 2.45) is 0 Å². The highest BCUT2D eigenvalue weighted by Gasteiger charge is 2.30. The van der Waals surface area contributed by atoms with Gasteiger partial charge in [-0.25, -0.2) is 19.2 Å². The number of carboxylic acids is 4. The Hall–Kier alpha value is -4.17. The molecule has 44 heavy (non-hydrogen) atoms. The zero-order valence-electron chi connectivity index (χ0n) is 23.8. The number of piperazine rings is 1. The maximum atomic E-state index is 11.0. The minimum atomic E-state index is -1.26. The van der Waals surface area contributed by atoms with Crippen LogP contribution in [0, 0.1) is 0 Å². The van der Waals surface area contributed by atoms with E-state index in [1.165, 1.54) is 27.8 Å². The summed E-state index contributed by atoms with van der Waals surface area (Å²) >= 11 is 8.22. The Labute approximate surface area is 263 Å². The zero-order valence-corrected chi connectivity index (χ0v) is 25.4. The fourth-order valence-electron chi connectivity index (χ4n) is 4.31. The van der Waals surface area contributed by atoms with Gasteiger partial charge in [-0.05, 0) is 41.8 Å². The smallest absolute Gasteiger partial charge is 0.328 e. The van der Waals surface area contributed by atoms with E-state index in [0.29, 0.717) is 37.0 Å². The molecule has 2 aromatic carbocycles. The van der Waals surface area contributed by atoms with E-state index < -0.39 is 23.9 Å². The van der Waals surface area contributed by atoms with Crippen molar-refractivity contribution in [1.29, 1.82) is 0 Å². The number of carbonyl (C=O) groups excluding carboxylic acids is 1. The summed E-state index contributed by atoms with van der Waals surface area (Å²) < 4.78 is 5.09. The van der Waals surface area contributed by atoms with Crippen LogP contribution in [0.25, 0.3) is 0 Å². The van der Waals surface area contributed by atoms with Crippen LogP contribution in [0.2, 0.25) is 5.02 Å². The van der Waals surface area contributed by atoms with Gasteiger partial charge in [-0.15, -0.1) is 0 Å². The fraction of sp³-hybridized carbons (Fsp3) is 0.300. The highest BCUT2D eigenvalue weighted by molar-refractivity contribution is 7.99. The molecule has 1 saturated heterocycles. The molecule has 0 aromatic heterocycles. The van der Waals surface area contributed by atoms with Gasteiger partial charge in [0.1, 0.15) is 6.61 Å². The van der Waals surface area contributed by atoms with Gasteiger partial charge >= 0.3 is 29.8 Å². The Balaban J connectivity index is 0.000000349. The Bertz CT molecular complexity index is 1320. The van der Waals surface area contributed by atoms with Crippen molar-refractivity contribution in [3.05, 3.63) is 82.9 Å². The van der Waals surface area contributed by atoms with Crippen molar-refractivity contribution >= 4 is 53.2 Å². The number of hydrogen-bond acceptors (Lipinski definition) is 9. The average molecular weight is 649 g/mol. The molecule has 12 nitrogen and oxygen atoms in total. The summed E-state index contributed by atoms with van der Waals surface area (Å²) in [7, 11) is 0. The number of esters is 1. The van der Waals surface area contributed by atoms with Gasteiger partial charge in [-0.1, -0.05) is 41.6 Å². The molecule has 14 heteroatoms. The van der Waals surface area contributed by atoms with Crippen molar-refractivity contribution in [3.63, 3.8) is 0 Å². The van der Waals surface area contributed by atoms with E-state index in [-0.39, 0.29) is 5.97 Å². The standard InChI is InChI=1S/C22H25ClN2O2S.2C4H4O4/c1-16(26)27-13-12-24-8-10-25(11-9-24)20-14-17-4-2-3-5-21(17)28-22-7-6-18(23)15-19(20)22;2*5-3(6)1-2-4(7)8/h2-7,15,20H,8-14H2,1H3;2*1-2H,(H,5,6)(H,7,8)/b;2*2-1-. The molecule has 4 N–H and O–H groups in total. The van der Waals surface area contributed by atoms with E-state index in [0.717, 1.165) is 44.2 Å². The number of benzene rings is 2. The lowest BCUT2D eigenvalue weighted by Gasteiger charge is -2.39. The first-order valence-electron chi connectivity index (χ1n) is 13.3. The number of carbonyl (C=O) groups is 5. The first-order chi connectivity index (χ1) is 20.8. The van der Waals surface area contributed by atoms with E-state index in [9.17, 15) is 24.0 Å². The van der Waals surface area contributed by atoms with Crippen molar-refractivity contribution < 1.29 is 49.1 Å². The molecule has 0 bridgehead atoms. The van der Waals surface area contributed by atoms with Crippen LogP contribution in [0.4, 0.5) is 0 Å². The second-order valence-corrected chi connectivity index (χ2v) is 10.9. The normalized spacial score (nSPS) is 16.3. The van der Waals surface area contributed by atoms with E-state index in [1.807, 2.05) is 17.8 Å². The van der Waals surface area contributed by atoms with Gasteiger partial charge in [0.05, 0.1) is 0 Å². The lowest BCUT2D eigenvalue weighted by Crippen LogP contribution is -2.48. The van der Waals surface area contributed by atoms with Crippen LogP contribution in [-0.4, -0.2) is 99.4 Å². The quantitative estimate of drug-likeness (QED) is 0.240. The van der Waals surface area contributed by atoms with E-state index in [4.69, 9.17) is 36.8 Å². The maximum Gasteiger partial charge on any atom is 0.328 e. The van der Waals surface area contributed by atoms with Crippen LogP contribution in [0.1, 0.15) is 24.1 Å². The molecule has 2 aromatic rings. The van der Waals surface area contributed by atoms with Crippen molar-refractivity contribution in [2.75, 3.05) is 39.3 Å². The van der Waals surface area contributed by atoms with Crippen LogP contribution in [-0.2, 0) is 35.1 Å². The van der Waals surface area contributed by atoms with E-state index in [2.05, 4.69) is 46.2 Å². The lowest BCUT2D eigenvalue weighted by molar-refractivity contribution is -0.141. The predicted molar refractivity (Wildman–Crippen MR) is 162 cm³/mol. The van der Waals surface area contributed by atoms with Crippen molar-refractivity contribution in [3.8, 4) is 0 Å². The number of fused-ring (bicyclic) bond motifs is 2. The Morgan fingerprint density at radius 3 is 1.91 bits per heavy atom. The molecule has 2 aliphatic rings. The third-order valence-electron chi connectivity index (χ3n) is 6.23. The number of ether oxygens (including phenoxy) is 1. The zero-order chi connectivity index (χ0) is 32.6. The van der Waals surface area contributed by atoms with Gasteiger partial charge in [0.15, 0.2) is 0 Å². The third kappa shape index (κ3) is 13.4. The second kappa shape index (κ2) is 18.5. The van der Waals surface area contributed by atoms with Gasteiger partial charge in [-0.3, -0.25) is 14.6 Å². The molecule has 0 saturated carbocycles. The molecular formula is C30H33ClN2O10S. The summed E-state index contributed by atoms with van der Waals surface area (Å²) in [5, 5.41) is 32.1. The van der Waals surface area contributed by atoms with Gasteiger partial charge in [0.25, 0.3) is 0 Å². The van der Waals surface area contributed by atoms with Crippen LogP contribution < -0.4 is 0 Å². The Morgan fingerprint density at radius 2 is 1.39 bits per heavy atom. The third-order valence-corrected chi connectivity index (χ3v) is 7.68. The van der Waals surface area contributed by atoms with Gasteiger partial charge in [-0.2, -0.15) is 0 Å². The van der Waals surface area contributed by atoms with Gasteiger partial charge in [0.2, 0.25) is 0 Å². The van der Waals surface area contributed by atoms with Crippen LogP contribution in [0.5, 0.6) is 0 Å². The molecule has 0 spiro atoms. The minimum Gasteiger partial charge on any atom is -0.478 e. The molecule has 2 aliphatic heterocycles. The van der Waals surface area contributed by atoms with Crippen LogP contribution in [0.15, 0.2) is 76.6 Å². The van der Waals surface area contributed by atoms with Gasteiger partial charge < -0.3 is 25.2 Å². The van der Waals surface area contributed by atoms with E-state index in [1.54, 1.807) is 0 Å². The molecule has 4 rings (SSSR count). The second-order valence-electron chi connectivity index (χ2n) is 9.35.